The average molecular weight is 428 g/mol. The van der Waals surface area contributed by atoms with Gasteiger partial charge in [-0.05, 0) is 66.1 Å². The highest BCUT2D eigenvalue weighted by molar-refractivity contribution is 5.72. The van der Waals surface area contributed by atoms with E-state index in [0.29, 0.717) is 31.0 Å². The molecule has 0 amide bonds. The van der Waals surface area contributed by atoms with E-state index in [1.807, 2.05) is 25.4 Å². The number of rotatable bonds is 4. The van der Waals surface area contributed by atoms with Gasteiger partial charge in [0.15, 0.2) is 5.82 Å². The van der Waals surface area contributed by atoms with Gasteiger partial charge in [0.25, 0.3) is 0 Å². The Labute approximate surface area is 187 Å². The molecule has 5 rings (SSSR count). The van der Waals surface area contributed by atoms with Crippen LogP contribution in [0, 0.1) is 25.2 Å². The fourth-order valence-electron chi connectivity index (χ4n) is 5.11. The molecule has 162 valence electrons. The third-order valence-corrected chi connectivity index (χ3v) is 6.92. The van der Waals surface area contributed by atoms with Crippen molar-refractivity contribution in [2.75, 3.05) is 13.1 Å². The standard InChI is InChI=1S/C26H26FN5/c1-16-4-5-22-18(3)23(7-6-21(16)22)24-14-31(15-25(24)27)12-19-10-30-32(13-19)26-8-17(2)20(9-28)11-29-26/h6-8,10-11,13,24-25H,1,4-5,12,14-15H2,2-3H3. The van der Waals surface area contributed by atoms with Gasteiger partial charge in [-0.1, -0.05) is 18.7 Å². The van der Waals surface area contributed by atoms with Gasteiger partial charge in [0, 0.05) is 43.5 Å². The van der Waals surface area contributed by atoms with Gasteiger partial charge in [0.05, 0.1) is 11.8 Å². The number of aromatic nitrogens is 3. The summed E-state index contributed by atoms with van der Waals surface area (Å²) < 4.78 is 16.8. The van der Waals surface area contributed by atoms with Crippen LogP contribution in [0.4, 0.5) is 4.39 Å². The summed E-state index contributed by atoms with van der Waals surface area (Å²) in [6, 6.07) is 8.23. The van der Waals surface area contributed by atoms with E-state index < -0.39 is 6.17 Å². The van der Waals surface area contributed by atoms with Crippen molar-refractivity contribution in [1.82, 2.24) is 19.7 Å². The molecule has 0 N–H and O–H groups in total. The Morgan fingerprint density at radius 3 is 2.84 bits per heavy atom. The van der Waals surface area contributed by atoms with Crippen LogP contribution < -0.4 is 0 Å². The molecule has 0 spiro atoms. The molecule has 1 aliphatic heterocycles. The summed E-state index contributed by atoms with van der Waals surface area (Å²) in [5.74, 6) is 0.567. The highest BCUT2D eigenvalue weighted by Gasteiger charge is 2.35. The molecular formula is C26H26FN5. The first kappa shape index (κ1) is 20.6. The van der Waals surface area contributed by atoms with E-state index in [1.54, 1.807) is 10.9 Å². The molecule has 1 fully saturated rings. The van der Waals surface area contributed by atoms with Crippen molar-refractivity contribution in [2.24, 2.45) is 0 Å². The van der Waals surface area contributed by atoms with Crippen molar-refractivity contribution < 1.29 is 4.39 Å². The Bertz CT molecular complexity index is 1250. The van der Waals surface area contributed by atoms with Gasteiger partial charge in [0.2, 0.25) is 0 Å². The molecule has 1 aromatic carbocycles. The number of alkyl halides is 1. The second kappa shape index (κ2) is 7.99. The fraction of sp³-hybridized carbons (Fsp3) is 0.346. The zero-order valence-electron chi connectivity index (χ0n) is 18.5. The number of allylic oxidation sites excluding steroid dienone is 1. The lowest BCUT2D eigenvalue weighted by molar-refractivity contribution is 0.280. The van der Waals surface area contributed by atoms with Gasteiger partial charge in [-0.2, -0.15) is 10.4 Å². The van der Waals surface area contributed by atoms with Crippen LogP contribution in [-0.4, -0.2) is 38.9 Å². The maximum Gasteiger partial charge on any atom is 0.153 e. The smallest absolute Gasteiger partial charge is 0.153 e. The summed E-state index contributed by atoms with van der Waals surface area (Å²) in [7, 11) is 0. The Hall–Kier alpha value is -3.30. The van der Waals surface area contributed by atoms with E-state index in [0.717, 1.165) is 29.5 Å². The van der Waals surface area contributed by atoms with E-state index >= 15 is 4.39 Å². The van der Waals surface area contributed by atoms with E-state index in [1.165, 1.54) is 22.3 Å². The van der Waals surface area contributed by atoms with Crippen LogP contribution in [0.15, 0.2) is 43.4 Å². The van der Waals surface area contributed by atoms with Gasteiger partial charge in [-0.15, -0.1) is 0 Å². The Morgan fingerprint density at radius 2 is 2.06 bits per heavy atom. The minimum Gasteiger partial charge on any atom is -0.295 e. The molecule has 2 unspecified atom stereocenters. The molecule has 5 nitrogen and oxygen atoms in total. The van der Waals surface area contributed by atoms with Gasteiger partial charge in [-0.3, -0.25) is 4.90 Å². The Morgan fingerprint density at radius 1 is 1.22 bits per heavy atom. The molecule has 0 saturated carbocycles. The summed E-state index contributed by atoms with van der Waals surface area (Å²) in [5, 5.41) is 13.5. The van der Waals surface area contributed by atoms with E-state index in [-0.39, 0.29) is 5.92 Å². The van der Waals surface area contributed by atoms with Crippen LogP contribution in [0.25, 0.3) is 11.4 Å². The monoisotopic (exact) mass is 427 g/mol. The first-order chi connectivity index (χ1) is 15.4. The zero-order valence-corrected chi connectivity index (χ0v) is 18.5. The van der Waals surface area contributed by atoms with Crippen molar-refractivity contribution in [2.45, 2.75) is 45.3 Å². The summed E-state index contributed by atoms with van der Waals surface area (Å²) >= 11 is 0. The molecule has 6 heteroatoms. The molecule has 2 aliphatic rings. The van der Waals surface area contributed by atoms with Crippen molar-refractivity contribution in [3.63, 3.8) is 0 Å². The lowest BCUT2D eigenvalue weighted by Crippen LogP contribution is -2.20. The molecule has 2 aromatic heterocycles. The van der Waals surface area contributed by atoms with E-state index in [4.69, 9.17) is 5.26 Å². The minimum atomic E-state index is -0.880. The number of likely N-dealkylation sites (tertiary alicyclic amines) is 1. The summed E-state index contributed by atoms with van der Waals surface area (Å²) in [6.07, 6.45) is 6.45. The first-order valence-corrected chi connectivity index (χ1v) is 11.0. The molecule has 0 bridgehead atoms. The normalized spacial score (nSPS) is 20.5. The topological polar surface area (TPSA) is 57.7 Å². The largest absolute Gasteiger partial charge is 0.295 e. The van der Waals surface area contributed by atoms with Crippen LogP contribution in [0.3, 0.4) is 0 Å². The summed E-state index contributed by atoms with van der Waals surface area (Å²) in [4.78, 5) is 6.50. The highest BCUT2D eigenvalue weighted by Crippen LogP contribution is 2.39. The quantitative estimate of drug-likeness (QED) is 0.608. The number of nitriles is 1. The Kier molecular flexibility index (Phi) is 5.15. The Balaban J connectivity index is 1.31. The second-order valence-electron chi connectivity index (χ2n) is 8.99. The summed E-state index contributed by atoms with van der Waals surface area (Å²) in [6.45, 7) is 9.95. The van der Waals surface area contributed by atoms with Crippen molar-refractivity contribution in [1.29, 1.82) is 5.26 Å². The number of pyridine rings is 1. The van der Waals surface area contributed by atoms with E-state index in [2.05, 4.69) is 46.7 Å². The predicted octanol–water partition coefficient (Wildman–Crippen LogP) is 4.65. The second-order valence-corrected chi connectivity index (χ2v) is 8.99. The molecule has 1 aliphatic carbocycles. The number of aryl methyl sites for hydroxylation is 1. The molecular weight excluding hydrogens is 401 g/mol. The number of nitrogens with zero attached hydrogens (tertiary/aromatic N) is 5. The molecule has 1 saturated heterocycles. The molecule has 0 radical (unpaired) electrons. The van der Waals surface area contributed by atoms with Gasteiger partial charge in [-0.25, -0.2) is 14.1 Å². The molecule has 32 heavy (non-hydrogen) atoms. The van der Waals surface area contributed by atoms with Crippen molar-refractivity contribution >= 4 is 5.57 Å². The zero-order chi connectivity index (χ0) is 22.4. The van der Waals surface area contributed by atoms with Gasteiger partial charge >= 0.3 is 0 Å². The molecule has 3 aromatic rings. The first-order valence-electron chi connectivity index (χ1n) is 11.0. The molecule has 3 heterocycles. The van der Waals surface area contributed by atoms with Crippen molar-refractivity contribution in [3.8, 4) is 11.9 Å². The number of hydrogen-bond acceptors (Lipinski definition) is 4. The fourth-order valence-corrected chi connectivity index (χ4v) is 5.11. The maximum absolute atomic E-state index is 15.1. The van der Waals surface area contributed by atoms with Gasteiger partial charge in [0.1, 0.15) is 12.2 Å². The average Bonchev–Trinajstić information content (AvgIpc) is 3.48. The molecule has 2 atom stereocenters. The lowest BCUT2D eigenvalue weighted by atomic mass is 9.88. The predicted molar refractivity (Wildman–Crippen MR) is 122 cm³/mol. The van der Waals surface area contributed by atoms with Crippen LogP contribution in [0.1, 0.15) is 51.3 Å². The van der Waals surface area contributed by atoms with E-state index in [9.17, 15) is 0 Å². The SMILES string of the molecule is C=C1CCc2c1ccc(C1CN(Cc3cnn(-c4cc(C)c(C#N)cn4)c3)CC1F)c2C. The number of benzene rings is 1. The van der Waals surface area contributed by atoms with Crippen molar-refractivity contribution in [3.05, 3.63) is 82.3 Å². The number of hydrogen-bond donors (Lipinski definition) is 0. The van der Waals surface area contributed by atoms with Crippen LogP contribution >= 0.6 is 0 Å². The van der Waals surface area contributed by atoms with Crippen LogP contribution in [0.5, 0.6) is 0 Å². The minimum absolute atomic E-state index is 0.105. The summed E-state index contributed by atoms with van der Waals surface area (Å²) in [5.41, 5.74) is 8.63. The lowest BCUT2D eigenvalue weighted by Gasteiger charge is -2.19. The third kappa shape index (κ3) is 3.53. The van der Waals surface area contributed by atoms with Crippen LogP contribution in [-0.2, 0) is 13.0 Å². The number of halogens is 1. The third-order valence-electron chi connectivity index (χ3n) is 6.92. The number of fused-ring (bicyclic) bond motifs is 1. The van der Waals surface area contributed by atoms with Crippen LogP contribution in [0.2, 0.25) is 0 Å². The maximum atomic E-state index is 15.1. The van der Waals surface area contributed by atoms with Gasteiger partial charge < -0.3 is 0 Å². The highest BCUT2D eigenvalue weighted by atomic mass is 19.1.